The van der Waals surface area contributed by atoms with Crippen LogP contribution in [0.5, 0.6) is 0 Å². The lowest BCUT2D eigenvalue weighted by Gasteiger charge is -2.34. The van der Waals surface area contributed by atoms with Crippen LogP contribution in [0.4, 0.5) is 0 Å². The molecule has 0 N–H and O–H groups in total. The molecule has 0 saturated carbocycles. The molecule has 2 atom stereocenters. The third kappa shape index (κ3) is 1.57. The first kappa shape index (κ1) is 9.00. The highest BCUT2D eigenvalue weighted by Gasteiger charge is 2.39. The molecule has 0 aromatic carbocycles. The molecule has 2 aliphatic heterocycles. The number of rotatable bonds is 2. The smallest absolute Gasteiger partial charge is 0.223 e. The van der Waals surface area contributed by atoms with Crippen molar-refractivity contribution in [3.8, 4) is 0 Å². The van der Waals surface area contributed by atoms with Gasteiger partial charge in [-0.1, -0.05) is 6.92 Å². The van der Waals surface area contributed by atoms with Crippen molar-refractivity contribution in [1.29, 1.82) is 0 Å². The van der Waals surface area contributed by atoms with Gasteiger partial charge in [-0.3, -0.25) is 4.79 Å². The van der Waals surface area contributed by atoms with Crippen molar-refractivity contribution in [2.45, 2.75) is 44.7 Å². The topological polar surface area (TPSA) is 29.5 Å². The van der Waals surface area contributed by atoms with E-state index in [-0.39, 0.29) is 0 Å². The Morgan fingerprint density at radius 3 is 2.54 bits per heavy atom. The van der Waals surface area contributed by atoms with Crippen LogP contribution < -0.4 is 0 Å². The van der Waals surface area contributed by atoms with Crippen LogP contribution in [0, 0.1) is 0 Å². The van der Waals surface area contributed by atoms with Gasteiger partial charge in [0.2, 0.25) is 5.91 Å². The van der Waals surface area contributed by atoms with Crippen molar-refractivity contribution in [3.63, 3.8) is 0 Å². The number of carbonyl (C=O) groups excluding carboxylic acids is 1. The van der Waals surface area contributed by atoms with E-state index in [1.54, 1.807) is 0 Å². The van der Waals surface area contributed by atoms with Crippen LogP contribution in [0.1, 0.15) is 32.6 Å². The summed E-state index contributed by atoms with van der Waals surface area (Å²) in [6.45, 7) is 3.57. The molecule has 2 fully saturated rings. The van der Waals surface area contributed by atoms with E-state index in [4.69, 9.17) is 4.74 Å². The number of nitrogens with zero attached hydrogens (tertiary/aromatic N) is 1. The average molecular weight is 183 g/mol. The molecule has 2 bridgehead atoms. The van der Waals surface area contributed by atoms with Crippen molar-refractivity contribution in [3.05, 3.63) is 0 Å². The van der Waals surface area contributed by atoms with E-state index < -0.39 is 0 Å². The highest BCUT2D eigenvalue weighted by atomic mass is 16.5. The molecular weight excluding hydrogens is 166 g/mol. The normalized spacial score (nSPS) is 32.2. The molecule has 1 amide bonds. The monoisotopic (exact) mass is 183 g/mol. The maximum Gasteiger partial charge on any atom is 0.223 e. The summed E-state index contributed by atoms with van der Waals surface area (Å²) in [5.41, 5.74) is 0. The molecular formula is C10H17NO2. The van der Waals surface area contributed by atoms with Crippen molar-refractivity contribution >= 4 is 5.91 Å². The first-order chi connectivity index (χ1) is 6.33. The van der Waals surface area contributed by atoms with E-state index in [9.17, 15) is 4.79 Å². The number of carbonyl (C=O) groups is 1. The number of hydrogen-bond acceptors (Lipinski definition) is 2. The highest BCUT2D eigenvalue weighted by molar-refractivity contribution is 5.77. The van der Waals surface area contributed by atoms with Gasteiger partial charge in [0.1, 0.15) is 0 Å². The Kier molecular flexibility index (Phi) is 2.54. The van der Waals surface area contributed by atoms with Crippen molar-refractivity contribution in [1.82, 2.24) is 4.90 Å². The summed E-state index contributed by atoms with van der Waals surface area (Å²) in [7, 11) is 0. The Morgan fingerprint density at radius 1 is 1.38 bits per heavy atom. The third-order valence-electron chi connectivity index (χ3n) is 2.99. The highest BCUT2D eigenvalue weighted by Crippen LogP contribution is 2.29. The number of morpholine rings is 1. The summed E-state index contributed by atoms with van der Waals surface area (Å²) in [5.74, 6) is 0.332. The van der Waals surface area contributed by atoms with Gasteiger partial charge in [-0.2, -0.15) is 0 Å². The maximum atomic E-state index is 11.7. The van der Waals surface area contributed by atoms with Gasteiger partial charge in [-0.05, 0) is 19.3 Å². The molecule has 3 nitrogen and oxygen atoms in total. The Morgan fingerprint density at radius 2 is 2.00 bits per heavy atom. The van der Waals surface area contributed by atoms with Crippen LogP contribution in [0.15, 0.2) is 0 Å². The molecule has 2 rings (SSSR count). The largest absolute Gasteiger partial charge is 0.377 e. The summed E-state index contributed by atoms with van der Waals surface area (Å²) < 4.78 is 5.42. The minimum absolute atomic E-state index is 0.332. The summed E-state index contributed by atoms with van der Waals surface area (Å²) in [6.07, 6.45) is 3.93. The average Bonchev–Trinajstić information content (AvgIpc) is 2.37. The van der Waals surface area contributed by atoms with Gasteiger partial charge >= 0.3 is 0 Å². The molecule has 2 heterocycles. The Bertz CT molecular complexity index is 189. The third-order valence-corrected chi connectivity index (χ3v) is 2.99. The van der Waals surface area contributed by atoms with Gasteiger partial charge < -0.3 is 9.64 Å². The molecule has 0 spiro atoms. The zero-order valence-corrected chi connectivity index (χ0v) is 8.16. The van der Waals surface area contributed by atoms with Crippen molar-refractivity contribution in [2.24, 2.45) is 0 Å². The van der Waals surface area contributed by atoms with E-state index in [2.05, 4.69) is 11.8 Å². The van der Waals surface area contributed by atoms with Gasteiger partial charge in [0.15, 0.2) is 0 Å². The van der Waals surface area contributed by atoms with Crippen LogP contribution in [0.2, 0.25) is 0 Å². The fourth-order valence-electron chi connectivity index (χ4n) is 2.38. The molecule has 0 radical (unpaired) electrons. The zero-order chi connectivity index (χ0) is 9.26. The number of amides is 1. The van der Waals surface area contributed by atoms with Crippen LogP contribution >= 0.6 is 0 Å². The van der Waals surface area contributed by atoms with Crippen LogP contribution in [0.3, 0.4) is 0 Å². The van der Waals surface area contributed by atoms with E-state index in [1.807, 2.05) is 0 Å². The SMILES string of the molecule is CCCC(=O)N1C2CCC1COC2. The minimum atomic E-state index is 0.332. The van der Waals surface area contributed by atoms with E-state index >= 15 is 0 Å². The van der Waals surface area contributed by atoms with Gasteiger partial charge in [-0.15, -0.1) is 0 Å². The van der Waals surface area contributed by atoms with Gasteiger partial charge in [-0.25, -0.2) is 0 Å². The fourth-order valence-corrected chi connectivity index (χ4v) is 2.38. The number of hydrogen-bond donors (Lipinski definition) is 0. The van der Waals surface area contributed by atoms with E-state index in [0.717, 1.165) is 32.5 Å². The molecule has 13 heavy (non-hydrogen) atoms. The molecule has 0 aromatic heterocycles. The molecule has 0 aromatic rings. The summed E-state index contributed by atoms with van der Waals surface area (Å²) >= 11 is 0. The lowest BCUT2D eigenvalue weighted by atomic mass is 10.2. The predicted octanol–water partition coefficient (Wildman–Crippen LogP) is 1.18. The van der Waals surface area contributed by atoms with Gasteiger partial charge in [0.25, 0.3) is 0 Å². The predicted molar refractivity (Wildman–Crippen MR) is 49.4 cm³/mol. The Hall–Kier alpha value is -0.570. The first-order valence-corrected chi connectivity index (χ1v) is 5.22. The molecule has 2 saturated heterocycles. The van der Waals surface area contributed by atoms with Crippen LogP contribution in [0.25, 0.3) is 0 Å². The molecule has 2 aliphatic rings. The Labute approximate surface area is 79.0 Å². The quantitative estimate of drug-likeness (QED) is 0.643. The van der Waals surface area contributed by atoms with Gasteiger partial charge in [0.05, 0.1) is 25.3 Å². The number of ether oxygens (including phenoxy) is 1. The second kappa shape index (κ2) is 3.66. The van der Waals surface area contributed by atoms with Crippen molar-refractivity contribution in [2.75, 3.05) is 13.2 Å². The van der Waals surface area contributed by atoms with E-state index in [0.29, 0.717) is 24.4 Å². The second-order valence-electron chi connectivity index (χ2n) is 3.97. The van der Waals surface area contributed by atoms with Gasteiger partial charge in [0, 0.05) is 6.42 Å². The first-order valence-electron chi connectivity index (χ1n) is 5.22. The van der Waals surface area contributed by atoms with E-state index in [1.165, 1.54) is 0 Å². The molecule has 2 unspecified atom stereocenters. The van der Waals surface area contributed by atoms with Crippen molar-refractivity contribution < 1.29 is 9.53 Å². The summed E-state index contributed by atoms with van der Waals surface area (Å²) in [6, 6.07) is 0.774. The standard InChI is InChI=1S/C10H17NO2/c1-2-3-10(12)11-8-4-5-9(11)7-13-6-8/h8-9H,2-7H2,1H3. The lowest BCUT2D eigenvalue weighted by molar-refractivity contribution is -0.141. The lowest BCUT2D eigenvalue weighted by Crippen LogP contribution is -2.48. The second-order valence-corrected chi connectivity index (χ2v) is 3.97. The summed E-state index contributed by atoms with van der Waals surface area (Å²) in [4.78, 5) is 13.8. The van der Waals surface area contributed by atoms with Crippen LogP contribution in [-0.2, 0) is 9.53 Å². The maximum absolute atomic E-state index is 11.7. The fraction of sp³-hybridized carbons (Fsp3) is 0.900. The molecule has 0 aliphatic carbocycles. The molecule has 74 valence electrons. The van der Waals surface area contributed by atoms with Crippen LogP contribution in [-0.4, -0.2) is 36.1 Å². The number of fused-ring (bicyclic) bond motifs is 2. The minimum Gasteiger partial charge on any atom is -0.377 e. The Balaban J connectivity index is 2.02. The zero-order valence-electron chi connectivity index (χ0n) is 8.16. The molecule has 3 heteroatoms. The summed E-state index contributed by atoms with van der Waals surface area (Å²) in [5, 5.41) is 0.